The fraction of sp³-hybridized carbons (Fsp3) is 0.150. The fourth-order valence-electron chi connectivity index (χ4n) is 2.75. The molecule has 0 fully saturated rings. The number of aromatic nitrogens is 1. The molecule has 4 nitrogen and oxygen atoms in total. The Bertz CT molecular complexity index is 1030. The van der Waals surface area contributed by atoms with Crippen molar-refractivity contribution in [2.24, 2.45) is 0 Å². The highest BCUT2D eigenvalue weighted by Crippen LogP contribution is 2.26. The van der Waals surface area contributed by atoms with Gasteiger partial charge in [-0.05, 0) is 55.7 Å². The molecule has 2 aromatic carbocycles. The highest BCUT2D eigenvalue weighted by Gasteiger charge is 2.18. The van der Waals surface area contributed by atoms with Crippen LogP contribution in [0.3, 0.4) is 0 Å². The Morgan fingerprint density at radius 2 is 1.56 bits per heavy atom. The van der Waals surface area contributed by atoms with Gasteiger partial charge in [0.15, 0.2) is 0 Å². The van der Waals surface area contributed by atoms with Gasteiger partial charge in [0.2, 0.25) is 0 Å². The zero-order chi connectivity index (χ0) is 18.0. The first-order valence-electron chi connectivity index (χ1n) is 7.99. The Morgan fingerprint density at radius 1 is 0.840 bits per heavy atom. The van der Waals surface area contributed by atoms with Crippen molar-refractivity contribution in [1.82, 2.24) is 4.98 Å². The standard InChI is InChI=1S/C20H20N2O2S/c1-14-6-4-8-17(12-14)18-10-11-19(15(2)13-18)25(23,24)22-20-9-5-7-16(3)21-20/h4-13H,1-3H3,(H,21,22). The molecule has 0 atom stereocenters. The van der Waals surface area contributed by atoms with E-state index in [9.17, 15) is 8.42 Å². The molecule has 3 rings (SSSR count). The molecule has 0 radical (unpaired) electrons. The van der Waals surface area contributed by atoms with E-state index in [1.165, 1.54) is 5.56 Å². The summed E-state index contributed by atoms with van der Waals surface area (Å²) in [6, 6.07) is 18.7. The predicted molar refractivity (Wildman–Crippen MR) is 101 cm³/mol. The Balaban J connectivity index is 1.95. The van der Waals surface area contributed by atoms with Crippen LogP contribution in [0.1, 0.15) is 16.8 Å². The third-order valence-electron chi connectivity index (χ3n) is 3.94. The highest BCUT2D eigenvalue weighted by molar-refractivity contribution is 7.92. The van der Waals surface area contributed by atoms with Crippen LogP contribution in [0.5, 0.6) is 0 Å². The molecule has 0 saturated heterocycles. The monoisotopic (exact) mass is 352 g/mol. The van der Waals surface area contributed by atoms with Gasteiger partial charge in [0.25, 0.3) is 10.0 Å². The molecule has 5 heteroatoms. The lowest BCUT2D eigenvalue weighted by Gasteiger charge is -2.12. The lowest BCUT2D eigenvalue weighted by molar-refractivity contribution is 0.600. The predicted octanol–water partition coefficient (Wildman–Crippen LogP) is 4.47. The topological polar surface area (TPSA) is 59.1 Å². The second kappa shape index (κ2) is 6.69. The maximum atomic E-state index is 12.7. The van der Waals surface area contributed by atoms with E-state index in [-0.39, 0.29) is 4.90 Å². The minimum atomic E-state index is -3.68. The Kier molecular flexibility index (Phi) is 4.59. The summed E-state index contributed by atoms with van der Waals surface area (Å²) in [7, 11) is -3.68. The van der Waals surface area contributed by atoms with Crippen molar-refractivity contribution in [1.29, 1.82) is 0 Å². The average Bonchev–Trinajstić information content (AvgIpc) is 2.54. The van der Waals surface area contributed by atoms with Crippen LogP contribution in [0.15, 0.2) is 65.6 Å². The van der Waals surface area contributed by atoms with Gasteiger partial charge in [-0.1, -0.05) is 48.0 Å². The number of nitrogens with one attached hydrogen (secondary N) is 1. The van der Waals surface area contributed by atoms with E-state index >= 15 is 0 Å². The van der Waals surface area contributed by atoms with Crippen LogP contribution in [0.2, 0.25) is 0 Å². The minimum Gasteiger partial charge on any atom is -0.263 e. The van der Waals surface area contributed by atoms with E-state index in [1.54, 1.807) is 25.1 Å². The molecule has 0 bridgehead atoms. The first-order chi connectivity index (χ1) is 11.8. The molecule has 0 aliphatic rings. The van der Waals surface area contributed by atoms with Crippen molar-refractivity contribution in [3.05, 3.63) is 77.5 Å². The third kappa shape index (κ3) is 3.88. The lowest BCUT2D eigenvalue weighted by atomic mass is 10.0. The number of nitrogens with zero attached hydrogens (tertiary/aromatic N) is 1. The summed E-state index contributed by atoms with van der Waals surface area (Å²) in [4.78, 5) is 4.45. The van der Waals surface area contributed by atoms with Crippen molar-refractivity contribution >= 4 is 15.8 Å². The number of sulfonamides is 1. The number of aryl methyl sites for hydroxylation is 3. The summed E-state index contributed by atoms with van der Waals surface area (Å²) in [6.07, 6.45) is 0. The number of anilines is 1. The molecule has 1 aromatic heterocycles. The van der Waals surface area contributed by atoms with Gasteiger partial charge in [-0.15, -0.1) is 0 Å². The molecule has 0 aliphatic heterocycles. The van der Waals surface area contributed by atoms with Crippen LogP contribution in [0.25, 0.3) is 11.1 Å². The van der Waals surface area contributed by atoms with Crippen molar-refractivity contribution in [2.45, 2.75) is 25.7 Å². The van der Waals surface area contributed by atoms with Gasteiger partial charge in [-0.25, -0.2) is 13.4 Å². The largest absolute Gasteiger partial charge is 0.263 e. The number of pyridine rings is 1. The maximum absolute atomic E-state index is 12.7. The van der Waals surface area contributed by atoms with Crippen molar-refractivity contribution in [2.75, 3.05) is 4.72 Å². The van der Waals surface area contributed by atoms with Gasteiger partial charge in [0, 0.05) is 5.69 Å². The summed E-state index contributed by atoms with van der Waals surface area (Å²) < 4.78 is 27.9. The first-order valence-corrected chi connectivity index (χ1v) is 9.48. The molecule has 0 unspecified atom stereocenters. The summed E-state index contributed by atoms with van der Waals surface area (Å²) >= 11 is 0. The van der Waals surface area contributed by atoms with Gasteiger partial charge in [0.1, 0.15) is 5.82 Å². The van der Waals surface area contributed by atoms with Crippen LogP contribution < -0.4 is 4.72 Å². The summed E-state index contributed by atoms with van der Waals surface area (Å²) in [6.45, 7) is 5.66. The Hall–Kier alpha value is -2.66. The van der Waals surface area contributed by atoms with Crippen LogP contribution in [0.4, 0.5) is 5.82 Å². The molecule has 1 N–H and O–H groups in total. The molecule has 1 heterocycles. The Morgan fingerprint density at radius 3 is 2.24 bits per heavy atom. The highest BCUT2D eigenvalue weighted by atomic mass is 32.2. The second-order valence-electron chi connectivity index (χ2n) is 6.12. The van der Waals surface area contributed by atoms with Gasteiger partial charge < -0.3 is 0 Å². The van der Waals surface area contributed by atoms with Gasteiger partial charge in [-0.3, -0.25) is 4.72 Å². The average molecular weight is 352 g/mol. The van der Waals surface area contributed by atoms with E-state index in [0.29, 0.717) is 11.4 Å². The van der Waals surface area contributed by atoms with Crippen LogP contribution in [0, 0.1) is 20.8 Å². The van der Waals surface area contributed by atoms with Crippen molar-refractivity contribution < 1.29 is 8.42 Å². The molecule has 0 amide bonds. The molecule has 3 aromatic rings. The number of benzene rings is 2. The zero-order valence-corrected chi connectivity index (χ0v) is 15.3. The molecule has 128 valence electrons. The van der Waals surface area contributed by atoms with Crippen LogP contribution in [-0.4, -0.2) is 13.4 Å². The molecule has 0 saturated carbocycles. The van der Waals surface area contributed by atoms with E-state index in [2.05, 4.69) is 15.8 Å². The van der Waals surface area contributed by atoms with Crippen molar-refractivity contribution in [3.63, 3.8) is 0 Å². The Labute approximate surface area is 148 Å². The maximum Gasteiger partial charge on any atom is 0.263 e. The molecular weight excluding hydrogens is 332 g/mol. The summed E-state index contributed by atoms with van der Waals surface area (Å²) in [5, 5.41) is 0. The zero-order valence-electron chi connectivity index (χ0n) is 14.4. The number of rotatable bonds is 4. The summed E-state index contributed by atoms with van der Waals surface area (Å²) in [5.41, 5.74) is 4.68. The number of hydrogen-bond acceptors (Lipinski definition) is 3. The van der Waals surface area contributed by atoms with E-state index in [0.717, 1.165) is 16.8 Å². The summed E-state index contributed by atoms with van der Waals surface area (Å²) in [5.74, 6) is 0.321. The minimum absolute atomic E-state index is 0.257. The smallest absolute Gasteiger partial charge is 0.263 e. The molecule has 25 heavy (non-hydrogen) atoms. The van der Waals surface area contributed by atoms with Crippen LogP contribution in [-0.2, 0) is 10.0 Å². The fourth-order valence-corrected chi connectivity index (χ4v) is 3.98. The lowest BCUT2D eigenvalue weighted by Crippen LogP contribution is -2.15. The number of hydrogen-bond donors (Lipinski definition) is 1. The molecule has 0 spiro atoms. The van der Waals surface area contributed by atoms with E-state index < -0.39 is 10.0 Å². The van der Waals surface area contributed by atoms with Gasteiger partial charge in [0.05, 0.1) is 4.90 Å². The van der Waals surface area contributed by atoms with E-state index in [1.807, 2.05) is 50.2 Å². The molecule has 0 aliphatic carbocycles. The second-order valence-corrected chi connectivity index (χ2v) is 7.77. The van der Waals surface area contributed by atoms with Crippen molar-refractivity contribution in [3.8, 4) is 11.1 Å². The normalized spacial score (nSPS) is 11.3. The van der Waals surface area contributed by atoms with Crippen LogP contribution >= 0.6 is 0 Å². The molecular formula is C20H20N2O2S. The van der Waals surface area contributed by atoms with Gasteiger partial charge in [-0.2, -0.15) is 0 Å². The first kappa shape index (κ1) is 17.2. The van der Waals surface area contributed by atoms with E-state index in [4.69, 9.17) is 0 Å². The SMILES string of the molecule is Cc1cccc(-c2ccc(S(=O)(=O)Nc3cccc(C)n3)c(C)c2)c1. The third-order valence-corrected chi connectivity index (χ3v) is 5.46. The van der Waals surface area contributed by atoms with Gasteiger partial charge >= 0.3 is 0 Å². The quantitative estimate of drug-likeness (QED) is 0.753.